The first-order valence-electron chi connectivity index (χ1n) is 5.29. The first-order chi connectivity index (χ1) is 8.81. The zero-order chi connectivity index (χ0) is 14.6. The Bertz CT molecular complexity index is 633. The molecule has 7 nitrogen and oxygen atoms in total. The van der Waals surface area contributed by atoms with Crippen LogP contribution in [-0.4, -0.2) is 29.9 Å². The Morgan fingerprint density at radius 1 is 1.53 bits per heavy atom. The molecule has 19 heavy (non-hydrogen) atoms. The van der Waals surface area contributed by atoms with Gasteiger partial charge in [0.1, 0.15) is 11.3 Å². The predicted octanol–water partition coefficient (Wildman–Crippen LogP) is 1.13. The number of sulfonamides is 1. The maximum absolute atomic E-state index is 11.8. The number of aromatic hydroxyl groups is 1. The number of benzene rings is 1. The molecule has 1 atom stereocenters. The summed E-state index contributed by atoms with van der Waals surface area (Å²) in [5, 5.41) is 25.6. The topological polar surface area (TPSA) is 127 Å². The molecule has 0 saturated heterocycles. The van der Waals surface area contributed by atoms with Crippen LogP contribution in [0.5, 0.6) is 5.75 Å². The lowest BCUT2D eigenvalue weighted by atomic mass is 10.2. The molecule has 0 heterocycles. The fourth-order valence-corrected chi connectivity index (χ4v) is 2.56. The largest absolute Gasteiger partial charge is 0.507 e. The molecular formula is C11H12N2O5S. The van der Waals surface area contributed by atoms with Crippen LogP contribution in [0.4, 0.5) is 5.69 Å². The van der Waals surface area contributed by atoms with Crippen LogP contribution in [0.15, 0.2) is 18.2 Å². The van der Waals surface area contributed by atoms with Gasteiger partial charge in [0.05, 0.1) is 6.07 Å². The molecule has 0 fully saturated rings. The molecule has 1 aromatic rings. The van der Waals surface area contributed by atoms with E-state index in [0.29, 0.717) is 0 Å². The highest BCUT2D eigenvalue weighted by atomic mass is 32.2. The summed E-state index contributed by atoms with van der Waals surface area (Å²) in [5.74, 6) is -1.85. The van der Waals surface area contributed by atoms with Crippen molar-refractivity contribution in [2.24, 2.45) is 0 Å². The minimum Gasteiger partial charge on any atom is -0.507 e. The fourth-order valence-electron chi connectivity index (χ4n) is 1.39. The number of hydrogen-bond acceptors (Lipinski definition) is 5. The van der Waals surface area contributed by atoms with Crippen LogP contribution in [0.1, 0.15) is 23.7 Å². The van der Waals surface area contributed by atoms with Gasteiger partial charge < -0.3 is 10.2 Å². The number of aromatic carboxylic acids is 1. The summed E-state index contributed by atoms with van der Waals surface area (Å²) in [6.07, 6.45) is 0.107. The maximum Gasteiger partial charge on any atom is 0.339 e. The Labute approximate surface area is 110 Å². The first kappa shape index (κ1) is 14.8. The van der Waals surface area contributed by atoms with Crippen molar-refractivity contribution in [3.63, 3.8) is 0 Å². The number of carboxylic acid groups (broad SMARTS) is 1. The lowest BCUT2D eigenvalue weighted by Gasteiger charge is -2.12. The van der Waals surface area contributed by atoms with Crippen molar-refractivity contribution in [2.45, 2.75) is 18.6 Å². The van der Waals surface area contributed by atoms with Gasteiger partial charge in [-0.25, -0.2) is 13.2 Å². The van der Waals surface area contributed by atoms with E-state index < -0.39 is 32.6 Å². The van der Waals surface area contributed by atoms with Gasteiger partial charge in [-0.2, -0.15) is 5.26 Å². The summed E-state index contributed by atoms with van der Waals surface area (Å²) >= 11 is 0. The summed E-state index contributed by atoms with van der Waals surface area (Å²) in [5.41, 5.74) is -0.450. The lowest BCUT2D eigenvalue weighted by Crippen LogP contribution is -2.26. The smallest absolute Gasteiger partial charge is 0.339 e. The Balaban J connectivity index is 3.11. The average molecular weight is 284 g/mol. The molecule has 8 heteroatoms. The Morgan fingerprint density at radius 2 is 2.16 bits per heavy atom. The summed E-state index contributed by atoms with van der Waals surface area (Å²) in [7, 11) is -3.92. The van der Waals surface area contributed by atoms with Crippen molar-refractivity contribution in [1.29, 1.82) is 5.26 Å². The second-order valence-electron chi connectivity index (χ2n) is 3.71. The van der Waals surface area contributed by atoms with E-state index in [1.54, 1.807) is 13.0 Å². The van der Waals surface area contributed by atoms with Crippen LogP contribution >= 0.6 is 0 Å². The molecule has 0 aliphatic rings. The Hall–Kier alpha value is -2.27. The van der Waals surface area contributed by atoms with Crippen molar-refractivity contribution in [3.05, 3.63) is 23.8 Å². The van der Waals surface area contributed by atoms with E-state index in [1.165, 1.54) is 6.07 Å². The maximum atomic E-state index is 11.8. The number of anilines is 1. The second kappa shape index (κ2) is 5.58. The van der Waals surface area contributed by atoms with Gasteiger partial charge in [0.25, 0.3) is 0 Å². The van der Waals surface area contributed by atoms with E-state index in [1.807, 2.05) is 0 Å². The number of carbonyl (C=O) groups is 1. The van der Waals surface area contributed by atoms with Crippen LogP contribution < -0.4 is 4.72 Å². The third-order valence-corrected chi connectivity index (χ3v) is 4.08. The summed E-state index contributed by atoms with van der Waals surface area (Å²) in [6, 6.07) is 4.91. The molecule has 0 aliphatic heterocycles. The van der Waals surface area contributed by atoms with E-state index in [4.69, 9.17) is 10.4 Å². The molecule has 1 aromatic carbocycles. The highest BCUT2D eigenvalue weighted by Gasteiger charge is 2.23. The summed E-state index contributed by atoms with van der Waals surface area (Å²) in [4.78, 5) is 10.8. The predicted molar refractivity (Wildman–Crippen MR) is 67.3 cm³/mol. The molecular weight excluding hydrogens is 272 g/mol. The number of phenols is 1. The zero-order valence-corrected chi connectivity index (χ0v) is 10.8. The molecule has 1 rings (SSSR count). The van der Waals surface area contributed by atoms with Gasteiger partial charge in [-0.1, -0.05) is 6.92 Å². The third-order valence-electron chi connectivity index (χ3n) is 2.38. The van der Waals surface area contributed by atoms with Gasteiger partial charge in [0.15, 0.2) is 5.25 Å². The molecule has 0 aliphatic carbocycles. The normalized spacial score (nSPS) is 12.4. The SMILES string of the molecule is CCC(C#N)S(=O)(=O)Nc1ccc(O)c(C(=O)O)c1. The molecule has 3 N–H and O–H groups in total. The van der Waals surface area contributed by atoms with E-state index in [9.17, 15) is 18.3 Å². The number of nitrogens with zero attached hydrogens (tertiary/aromatic N) is 1. The van der Waals surface area contributed by atoms with Crippen LogP contribution in [0.25, 0.3) is 0 Å². The van der Waals surface area contributed by atoms with Crippen LogP contribution in [0.3, 0.4) is 0 Å². The van der Waals surface area contributed by atoms with Gasteiger partial charge in [0, 0.05) is 5.69 Å². The molecule has 0 aromatic heterocycles. The Kier molecular flexibility index (Phi) is 4.34. The molecule has 0 saturated carbocycles. The third kappa shape index (κ3) is 3.35. The molecule has 1 unspecified atom stereocenters. The van der Waals surface area contributed by atoms with E-state index in [0.717, 1.165) is 12.1 Å². The van der Waals surface area contributed by atoms with Crippen molar-refractivity contribution in [1.82, 2.24) is 0 Å². The molecule has 102 valence electrons. The molecule has 0 amide bonds. The van der Waals surface area contributed by atoms with Gasteiger partial charge in [-0.15, -0.1) is 0 Å². The quantitative estimate of drug-likeness (QED) is 0.695. The van der Waals surface area contributed by atoms with Gasteiger partial charge in [0.2, 0.25) is 10.0 Å². The van der Waals surface area contributed by atoms with Crippen LogP contribution in [0.2, 0.25) is 0 Å². The summed E-state index contributed by atoms with van der Waals surface area (Å²) < 4.78 is 25.7. The summed E-state index contributed by atoms with van der Waals surface area (Å²) in [6.45, 7) is 1.55. The van der Waals surface area contributed by atoms with E-state index in [2.05, 4.69) is 4.72 Å². The van der Waals surface area contributed by atoms with Crippen molar-refractivity contribution in [2.75, 3.05) is 4.72 Å². The van der Waals surface area contributed by atoms with Crippen molar-refractivity contribution in [3.8, 4) is 11.8 Å². The monoisotopic (exact) mass is 284 g/mol. The average Bonchev–Trinajstić information content (AvgIpc) is 2.32. The zero-order valence-electron chi connectivity index (χ0n) is 9.99. The lowest BCUT2D eigenvalue weighted by molar-refractivity contribution is 0.0694. The van der Waals surface area contributed by atoms with Crippen LogP contribution in [-0.2, 0) is 10.0 Å². The first-order valence-corrected chi connectivity index (χ1v) is 6.84. The molecule has 0 radical (unpaired) electrons. The number of rotatable bonds is 5. The van der Waals surface area contributed by atoms with Gasteiger partial charge in [-0.3, -0.25) is 4.72 Å². The number of hydrogen-bond donors (Lipinski definition) is 3. The second-order valence-corrected chi connectivity index (χ2v) is 5.57. The van der Waals surface area contributed by atoms with Gasteiger partial charge in [-0.05, 0) is 24.6 Å². The van der Waals surface area contributed by atoms with Crippen LogP contribution in [0, 0.1) is 11.3 Å². The molecule has 0 spiro atoms. The van der Waals surface area contributed by atoms with Crippen molar-refractivity contribution >= 4 is 21.7 Å². The molecule has 0 bridgehead atoms. The number of nitriles is 1. The highest BCUT2D eigenvalue weighted by molar-refractivity contribution is 7.93. The van der Waals surface area contributed by atoms with E-state index in [-0.39, 0.29) is 12.1 Å². The number of carboxylic acids is 1. The highest BCUT2D eigenvalue weighted by Crippen LogP contribution is 2.23. The van der Waals surface area contributed by atoms with E-state index >= 15 is 0 Å². The minimum absolute atomic E-state index is 0.0242. The number of nitrogens with one attached hydrogen (secondary N) is 1. The fraction of sp³-hybridized carbons (Fsp3) is 0.273. The van der Waals surface area contributed by atoms with Crippen molar-refractivity contribution < 1.29 is 23.4 Å². The minimum atomic E-state index is -3.92. The Morgan fingerprint density at radius 3 is 2.63 bits per heavy atom. The standard InChI is InChI=1S/C11H12N2O5S/c1-2-8(6-12)19(17,18)13-7-3-4-10(14)9(5-7)11(15)16/h3-5,8,13-14H,2H2,1H3,(H,15,16). The van der Waals surface area contributed by atoms with Gasteiger partial charge >= 0.3 is 5.97 Å².